The third-order valence-corrected chi connectivity index (χ3v) is 5.21. The maximum atomic E-state index is 14.7. The van der Waals surface area contributed by atoms with Crippen LogP contribution in [0.5, 0.6) is 5.75 Å². The van der Waals surface area contributed by atoms with Crippen LogP contribution in [0.1, 0.15) is 31.3 Å². The van der Waals surface area contributed by atoms with Gasteiger partial charge in [-0.15, -0.1) is 0 Å². The number of amides is 1. The van der Waals surface area contributed by atoms with Crippen LogP contribution < -0.4 is 16.0 Å². The van der Waals surface area contributed by atoms with Gasteiger partial charge in [0.15, 0.2) is 11.6 Å². The van der Waals surface area contributed by atoms with Gasteiger partial charge in [-0.05, 0) is 23.3 Å². The molecule has 0 atom stereocenters. The summed E-state index contributed by atoms with van der Waals surface area (Å²) in [5, 5.41) is 0. The number of nitrogen functional groups attached to an aromatic ring is 1. The van der Waals surface area contributed by atoms with Crippen molar-refractivity contribution in [3.8, 4) is 28.0 Å². The lowest BCUT2D eigenvalue weighted by atomic mass is 9.97. The van der Waals surface area contributed by atoms with Crippen molar-refractivity contribution in [3.05, 3.63) is 102 Å². The highest BCUT2D eigenvalue weighted by molar-refractivity contribution is 6.11. The zero-order valence-corrected chi connectivity index (χ0v) is 18.4. The number of benzene rings is 3. The second kappa shape index (κ2) is 10.0. The zero-order chi connectivity index (χ0) is 24.9. The molecule has 0 saturated heterocycles. The Balaban J connectivity index is 1.74. The minimum absolute atomic E-state index is 0.234. The van der Waals surface area contributed by atoms with Crippen molar-refractivity contribution in [2.24, 2.45) is 5.84 Å². The number of hydrogen-bond acceptors (Lipinski definition) is 7. The Kier molecular flexibility index (Phi) is 6.70. The van der Waals surface area contributed by atoms with Crippen molar-refractivity contribution in [3.63, 3.8) is 0 Å². The van der Waals surface area contributed by atoms with Gasteiger partial charge in [0, 0.05) is 11.1 Å². The van der Waals surface area contributed by atoms with E-state index in [0.717, 1.165) is 17.7 Å². The number of halogens is 1. The highest BCUT2D eigenvalue weighted by atomic mass is 19.1. The molecule has 0 aliphatic rings. The molecule has 1 heterocycles. The van der Waals surface area contributed by atoms with Gasteiger partial charge < -0.3 is 13.9 Å². The Morgan fingerprint density at radius 3 is 2.11 bits per heavy atom. The molecule has 0 spiro atoms. The van der Waals surface area contributed by atoms with Crippen LogP contribution in [0.4, 0.5) is 4.39 Å². The SMILES string of the molecule is COc1ccc(C(=O)OC(=O)c2occ(-c3ccccc3)c2-c2ccccc2)c(C(=O)NN)c1F. The molecule has 1 amide bonds. The van der Waals surface area contributed by atoms with Crippen molar-refractivity contribution >= 4 is 17.8 Å². The van der Waals surface area contributed by atoms with Gasteiger partial charge in [0.1, 0.15) is 6.26 Å². The molecule has 0 fully saturated rings. The highest BCUT2D eigenvalue weighted by Crippen LogP contribution is 2.37. The smallest absolute Gasteiger partial charge is 0.382 e. The van der Waals surface area contributed by atoms with Crippen LogP contribution in [0, 0.1) is 5.82 Å². The van der Waals surface area contributed by atoms with E-state index < -0.39 is 34.8 Å². The number of hydrogen-bond donors (Lipinski definition) is 2. The van der Waals surface area contributed by atoms with E-state index in [9.17, 15) is 18.8 Å². The first-order chi connectivity index (χ1) is 17.0. The van der Waals surface area contributed by atoms with E-state index in [1.165, 1.54) is 13.4 Å². The van der Waals surface area contributed by atoms with E-state index >= 15 is 0 Å². The first-order valence-electron chi connectivity index (χ1n) is 10.3. The van der Waals surface area contributed by atoms with Gasteiger partial charge in [0.05, 0.1) is 18.2 Å². The molecular formula is C26H19FN2O6. The summed E-state index contributed by atoms with van der Waals surface area (Å²) in [5.41, 5.74) is 2.96. The molecule has 0 unspecified atom stereocenters. The quantitative estimate of drug-likeness (QED) is 0.140. The third-order valence-electron chi connectivity index (χ3n) is 5.21. The molecule has 0 bridgehead atoms. The van der Waals surface area contributed by atoms with E-state index in [4.69, 9.17) is 19.7 Å². The Bertz CT molecular complexity index is 1400. The van der Waals surface area contributed by atoms with Crippen LogP contribution in [0.2, 0.25) is 0 Å². The molecule has 4 rings (SSSR count). The average molecular weight is 474 g/mol. The fraction of sp³-hybridized carbons (Fsp3) is 0.0385. The van der Waals surface area contributed by atoms with Gasteiger partial charge in [0.25, 0.3) is 5.91 Å². The molecule has 3 aromatic carbocycles. The van der Waals surface area contributed by atoms with Crippen LogP contribution in [-0.2, 0) is 4.74 Å². The Labute approximate surface area is 199 Å². The Morgan fingerprint density at radius 2 is 1.51 bits per heavy atom. The largest absolute Gasteiger partial charge is 0.494 e. The number of esters is 2. The van der Waals surface area contributed by atoms with Crippen LogP contribution >= 0.6 is 0 Å². The van der Waals surface area contributed by atoms with Crippen LogP contribution in [0.15, 0.2) is 83.5 Å². The molecule has 0 aliphatic heterocycles. The minimum Gasteiger partial charge on any atom is -0.494 e. The fourth-order valence-electron chi connectivity index (χ4n) is 3.59. The van der Waals surface area contributed by atoms with Gasteiger partial charge >= 0.3 is 11.9 Å². The Hall–Kier alpha value is -4.76. The molecule has 35 heavy (non-hydrogen) atoms. The summed E-state index contributed by atoms with van der Waals surface area (Å²) in [6.07, 6.45) is 1.39. The summed E-state index contributed by atoms with van der Waals surface area (Å²) < 4.78 is 30.1. The standard InChI is InChI=1S/C26H19FN2O6/c1-33-19-13-12-17(21(22(19)27)24(30)29-28)25(31)35-26(32)23-20(16-10-6-3-7-11-16)18(14-34-23)15-8-4-2-5-9-15/h2-14H,28H2,1H3,(H,29,30). The maximum Gasteiger partial charge on any atom is 0.382 e. The van der Waals surface area contributed by atoms with Crippen molar-refractivity contribution in [2.75, 3.05) is 7.11 Å². The monoisotopic (exact) mass is 474 g/mol. The number of methoxy groups -OCH3 is 1. The van der Waals surface area contributed by atoms with E-state index in [0.29, 0.717) is 16.7 Å². The van der Waals surface area contributed by atoms with Crippen LogP contribution in [-0.4, -0.2) is 25.0 Å². The van der Waals surface area contributed by atoms with Gasteiger partial charge in [-0.2, -0.15) is 0 Å². The number of carbonyl (C=O) groups excluding carboxylic acids is 3. The van der Waals surface area contributed by atoms with Crippen molar-refractivity contribution < 1.29 is 32.7 Å². The summed E-state index contributed by atoms with van der Waals surface area (Å²) in [4.78, 5) is 38.0. The van der Waals surface area contributed by atoms with E-state index in [2.05, 4.69) is 0 Å². The molecule has 4 aromatic rings. The second-order valence-corrected chi connectivity index (χ2v) is 7.24. The summed E-state index contributed by atoms with van der Waals surface area (Å²) >= 11 is 0. The number of hydrazine groups is 1. The molecule has 0 aliphatic carbocycles. The number of nitrogens with one attached hydrogen (secondary N) is 1. The highest BCUT2D eigenvalue weighted by Gasteiger charge is 2.30. The van der Waals surface area contributed by atoms with Crippen molar-refractivity contribution in [2.45, 2.75) is 0 Å². The normalized spacial score (nSPS) is 10.5. The fourth-order valence-corrected chi connectivity index (χ4v) is 3.59. The van der Waals surface area contributed by atoms with Gasteiger partial charge in [-0.25, -0.2) is 19.8 Å². The van der Waals surface area contributed by atoms with Crippen molar-refractivity contribution in [1.29, 1.82) is 0 Å². The second-order valence-electron chi connectivity index (χ2n) is 7.24. The lowest BCUT2D eigenvalue weighted by Crippen LogP contribution is -2.32. The van der Waals surface area contributed by atoms with Crippen LogP contribution in [0.3, 0.4) is 0 Å². The first kappa shape index (κ1) is 23.4. The summed E-state index contributed by atoms with van der Waals surface area (Å²) in [5.74, 6) is -0.0270. The minimum atomic E-state index is -1.27. The topological polar surface area (TPSA) is 121 Å². The number of ether oxygens (including phenoxy) is 2. The lowest BCUT2D eigenvalue weighted by Gasteiger charge is -2.11. The molecular weight excluding hydrogens is 455 g/mol. The molecule has 8 nitrogen and oxygen atoms in total. The number of rotatable bonds is 6. The van der Waals surface area contributed by atoms with E-state index in [1.807, 2.05) is 36.4 Å². The van der Waals surface area contributed by atoms with Gasteiger partial charge in [-0.1, -0.05) is 60.7 Å². The molecule has 0 saturated carbocycles. The predicted octanol–water partition coefficient (Wildman–Crippen LogP) is 4.36. The first-order valence-corrected chi connectivity index (χ1v) is 10.3. The van der Waals surface area contributed by atoms with E-state index in [-0.39, 0.29) is 11.5 Å². The number of carbonyl (C=O) groups is 3. The van der Waals surface area contributed by atoms with E-state index in [1.54, 1.807) is 29.7 Å². The van der Waals surface area contributed by atoms with Crippen LogP contribution in [0.25, 0.3) is 22.3 Å². The van der Waals surface area contributed by atoms with Gasteiger partial charge in [0.2, 0.25) is 5.76 Å². The molecule has 1 aromatic heterocycles. The number of nitrogens with two attached hydrogens (primary N) is 1. The number of furan rings is 1. The average Bonchev–Trinajstić information content (AvgIpc) is 3.34. The Morgan fingerprint density at radius 1 is 0.886 bits per heavy atom. The lowest BCUT2D eigenvalue weighted by molar-refractivity contribution is 0.0373. The molecule has 3 N–H and O–H groups in total. The third kappa shape index (κ3) is 4.53. The summed E-state index contributed by atoms with van der Waals surface area (Å²) in [6, 6.07) is 20.4. The summed E-state index contributed by atoms with van der Waals surface area (Å²) in [7, 11) is 1.19. The summed E-state index contributed by atoms with van der Waals surface area (Å²) in [6.45, 7) is 0. The maximum absolute atomic E-state index is 14.7. The predicted molar refractivity (Wildman–Crippen MR) is 124 cm³/mol. The van der Waals surface area contributed by atoms with Crippen molar-refractivity contribution in [1.82, 2.24) is 5.43 Å². The van der Waals surface area contributed by atoms with Gasteiger partial charge in [-0.3, -0.25) is 10.2 Å². The molecule has 176 valence electrons. The zero-order valence-electron chi connectivity index (χ0n) is 18.4. The molecule has 9 heteroatoms. The molecule has 0 radical (unpaired) electrons.